The van der Waals surface area contributed by atoms with Crippen LogP contribution in [-0.2, 0) is 0 Å². The molecule has 0 saturated heterocycles. The highest BCUT2D eigenvalue weighted by Gasteiger charge is 2.07. The fourth-order valence-corrected chi connectivity index (χ4v) is 2.51. The number of rotatable bonds is 2. The van der Waals surface area contributed by atoms with Crippen molar-refractivity contribution in [1.82, 2.24) is 4.98 Å². The van der Waals surface area contributed by atoms with Gasteiger partial charge in [-0.15, -0.1) is 0 Å². The zero-order valence-electron chi connectivity index (χ0n) is 13.9. The van der Waals surface area contributed by atoms with E-state index < -0.39 is 5.97 Å². The van der Waals surface area contributed by atoms with Crippen molar-refractivity contribution >= 4 is 25.3 Å². The van der Waals surface area contributed by atoms with Crippen LogP contribution >= 0.6 is 0 Å². The first-order chi connectivity index (χ1) is 12.6. The summed E-state index contributed by atoms with van der Waals surface area (Å²) < 4.78 is 0. The molecule has 4 aromatic rings. The second-order valence-electron chi connectivity index (χ2n) is 5.58. The lowest BCUT2D eigenvalue weighted by Gasteiger charge is -2.00. The highest BCUT2D eigenvalue weighted by Crippen LogP contribution is 2.22. The number of aromatic carboxylic acids is 1. The topological polar surface area (TPSA) is 70.4 Å². The van der Waals surface area contributed by atoms with E-state index in [4.69, 9.17) is 5.11 Å². The summed E-state index contributed by atoms with van der Waals surface area (Å²) in [6, 6.07) is 28.7. The second-order valence-corrected chi connectivity index (χ2v) is 5.58. The third kappa shape index (κ3) is 4.95. The van der Waals surface area contributed by atoms with Crippen LogP contribution in [0, 0.1) is 0 Å². The molecular formula is C22H20BNO3. The number of hydrogen-bond acceptors (Lipinski definition) is 3. The van der Waals surface area contributed by atoms with Crippen LogP contribution in [0.3, 0.4) is 0 Å². The van der Waals surface area contributed by atoms with Crippen LogP contribution in [-0.4, -0.2) is 29.6 Å². The van der Waals surface area contributed by atoms with E-state index in [1.807, 2.05) is 12.1 Å². The summed E-state index contributed by atoms with van der Waals surface area (Å²) in [7, 11) is 0. The van der Waals surface area contributed by atoms with Crippen molar-refractivity contribution in [3.8, 4) is 16.9 Å². The molecule has 1 heterocycles. The van der Waals surface area contributed by atoms with E-state index in [2.05, 4.69) is 53.5 Å². The molecule has 134 valence electrons. The van der Waals surface area contributed by atoms with E-state index in [1.165, 1.54) is 23.3 Å². The van der Waals surface area contributed by atoms with Gasteiger partial charge in [0.15, 0.2) is 0 Å². The van der Waals surface area contributed by atoms with Gasteiger partial charge in [-0.25, -0.2) is 9.78 Å². The summed E-state index contributed by atoms with van der Waals surface area (Å²) in [5, 5.41) is 18.8. The maximum atomic E-state index is 10.6. The van der Waals surface area contributed by atoms with E-state index >= 15 is 0 Å². The molecule has 0 spiro atoms. The van der Waals surface area contributed by atoms with Gasteiger partial charge in [-0.3, -0.25) is 0 Å². The summed E-state index contributed by atoms with van der Waals surface area (Å²) in [6.45, 7) is 0. The zero-order valence-corrected chi connectivity index (χ0v) is 13.9. The van der Waals surface area contributed by atoms with Gasteiger partial charge in [0.25, 0.3) is 0 Å². The summed E-state index contributed by atoms with van der Waals surface area (Å²) in [5.74, 6) is -1.11. The van der Waals surface area contributed by atoms with Gasteiger partial charge in [0, 0.05) is 5.39 Å². The van der Waals surface area contributed by atoms with Gasteiger partial charge in [0.2, 0.25) is 0 Å². The summed E-state index contributed by atoms with van der Waals surface area (Å²) in [6.07, 6.45) is 0. The van der Waals surface area contributed by atoms with E-state index in [0.29, 0.717) is 5.52 Å². The van der Waals surface area contributed by atoms with Gasteiger partial charge in [-0.1, -0.05) is 78.9 Å². The fraction of sp³-hybridized carbons (Fsp3) is 0. The number of phenols is 1. The minimum Gasteiger partial charge on any atom is -0.506 e. The van der Waals surface area contributed by atoms with Crippen LogP contribution in [0.4, 0.5) is 0 Å². The lowest BCUT2D eigenvalue weighted by Crippen LogP contribution is -1.99. The lowest BCUT2D eigenvalue weighted by molar-refractivity contribution is 0.0691. The molecule has 0 aliphatic carbocycles. The van der Waals surface area contributed by atoms with Crippen molar-refractivity contribution in [2.45, 2.75) is 0 Å². The smallest absolute Gasteiger partial charge is 0.354 e. The van der Waals surface area contributed by atoms with Crippen molar-refractivity contribution in [2.24, 2.45) is 0 Å². The Morgan fingerprint density at radius 2 is 1.26 bits per heavy atom. The third-order valence-corrected chi connectivity index (χ3v) is 3.80. The number of para-hydroxylation sites is 1. The highest BCUT2D eigenvalue weighted by molar-refractivity contribution is 5.91. The Hall–Kier alpha value is -3.60. The molecule has 0 unspecified atom stereocenters. The van der Waals surface area contributed by atoms with Gasteiger partial charge in [-0.2, -0.15) is 0 Å². The molecule has 1 aromatic heterocycles. The first kappa shape index (κ1) is 19.7. The molecule has 0 amide bonds. The molecule has 0 bridgehead atoms. The fourth-order valence-electron chi connectivity index (χ4n) is 2.51. The number of fused-ring (bicyclic) bond motifs is 1. The molecule has 5 heteroatoms. The van der Waals surface area contributed by atoms with Crippen LogP contribution in [0.15, 0.2) is 91.0 Å². The Labute approximate surface area is 159 Å². The number of carboxylic acid groups (broad SMARTS) is 1. The largest absolute Gasteiger partial charge is 0.506 e. The molecular weight excluding hydrogens is 337 g/mol. The van der Waals surface area contributed by atoms with Crippen molar-refractivity contribution in [2.75, 3.05) is 0 Å². The van der Waals surface area contributed by atoms with Crippen LogP contribution in [0.1, 0.15) is 10.5 Å². The molecule has 4 rings (SSSR count). The van der Waals surface area contributed by atoms with Crippen molar-refractivity contribution in [1.29, 1.82) is 0 Å². The number of benzene rings is 3. The minimum absolute atomic E-state index is 0. The maximum Gasteiger partial charge on any atom is 0.354 e. The number of aromatic hydroxyl groups is 1. The Kier molecular flexibility index (Phi) is 6.72. The number of hydrogen-bond donors (Lipinski definition) is 2. The number of carbonyl (C=O) groups is 1. The summed E-state index contributed by atoms with van der Waals surface area (Å²) in [5.41, 5.74) is 2.79. The first-order valence-electron chi connectivity index (χ1n) is 8.07. The van der Waals surface area contributed by atoms with Crippen molar-refractivity contribution in [3.63, 3.8) is 0 Å². The Balaban J connectivity index is 0.000000189. The van der Waals surface area contributed by atoms with E-state index in [0.717, 1.165) is 5.39 Å². The molecule has 0 aliphatic rings. The van der Waals surface area contributed by atoms with Gasteiger partial charge in [0.05, 0.1) is 8.41 Å². The average Bonchev–Trinajstić information content (AvgIpc) is 2.70. The first-order valence-corrected chi connectivity index (χ1v) is 8.07. The Morgan fingerprint density at radius 3 is 1.78 bits per heavy atom. The van der Waals surface area contributed by atoms with Crippen LogP contribution in [0.5, 0.6) is 5.75 Å². The molecule has 0 radical (unpaired) electrons. The van der Waals surface area contributed by atoms with Crippen LogP contribution in [0.25, 0.3) is 22.0 Å². The van der Waals surface area contributed by atoms with E-state index in [-0.39, 0.29) is 19.9 Å². The number of phenolic OH excluding ortho intramolecular Hbond substituents is 1. The molecule has 3 aromatic carbocycles. The van der Waals surface area contributed by atoms with E-state index in [9.17, 15) is 9.90 Å². The highest BCUT2D eigenvalue weighted by atomic mass is 16.4. The standard InChI is InChI=1S/C12H10.C10H7NO3.BH3/c1-3-7-11(8-4-1)12-9-5-2-6-10-12;12-8-3-1-2-6-4-5-7(10(13)14)11-9(6)8;/h1-10H;1-5,12H,(H,13,14);1H3. The molecule has 0 fully saturated rings. The quantitative estimate of drug-likeness (QED) is 0.535. The number of nitrogens with zero attached hydrogens (tertiary/aromatic N) is 1. The number of carboxylic acids is 1. The SMILES string of the molecule is B.O=C(O)c1ccc2cccc(O)c2n1.c1ccc(-c2ccccc2)cc1. The Morgan fingerprint density at radius 1 is 0.704 bits per heavy atom. The van der Waals surface area contributed by atoms with Gasteiger partial charge >= 0.3 is 5.97 Å². The van der Waals surface area contributed by atoms with Gasteiger partial charge < -0.3 is 10.2 Å². The lowest BCUT2D eigenvalue weighted by atomic mass is 10.1. The number of pyridine rings is 1. The monoisotopic (exact) mass is 357 g/mol. The van der Waals surface area contributed by atoms with Crippen LogP contribution in [0.2, 0.25) is 0 Å². The van der Waals surface area contributed by atoms with Crippen LogP contribution < -0.4 is 0 Å². The second kappa shape index (κ2) is 9.20. The van der Waals surface area contributed by atoms with Gasteiger partial charge in [-0.05, 0) is 23.3 Å². The number of aromatic nitrogens is 1. The zero-order chi connectivity index (χ0) is 18.4. The minimum atomic E-state index is -1.10. The predicted octanol–water partition coefficient (Wildman–Crippen LogP) is 3.81. The molecule has 4 nitrogen and oxygen atoms in total. The third-order valence-electron chi connectivity index (χ3n) is 3.80. The van der Waals surface area contributed by atoms with E-state index in [1.54, 1.807) is 18.2 Å². The Bertz CT molecular complexity index is 984. The molecule has 27 heavy (non-hydrogen) atoms. The summed E-state index contributed by atoms with van der Waals surface area (Å²) in [4.78, 5) is 14.4. The normalized spacial score (nSPS) is 9.63. The van der Waals surface area contributed by atoms with Gasteiger partial charge in [0.1, 0.15) is 17.0 Å². The maximum absolute atomic E-state index is 10.6. The molecule has 0 saturated carbocycles. The van der Waals surface area contributed by atoms with Crippen molar-refractivity contribution < 1.29 is 15.0 Å². The summed E-state index contributed by atoms with van der Waals surface area (Å²) >= 11 is 0. The molecule has 0 aliphatic heterocycles. The average molecular weight is 357 g/mol. The van der Waals surface area contributed by atoms with Crippen molar-refractivity contribution in [3.05, 3.63) is 96.7 Å². The predicted molar refractivity (Wildman–Crippen MR) is 112 cm³/mol. The molecule has 2 N–H and O–H groups in total. The molecule has 0 atom stereocenters.